The molecule has 0 rings (SSSR count). The molecule has 0 bridgehead atoms. The summed E-state index contributed by atoms with van der Waals surface area (Å²) in [6, 6.07) is 0. The minimum atomic E-state index is -0.651. The number of hydrogen-bond donors (Lipinski definition) is 1. The van der Waals surface area contributed by atoms with Crippen LogP contribution in [0.3, 0.4) is 0 Å². The van der Waals surface area contributed by atoms with Crippen LogP contribution in [0.4, 0.5) is 0 Å². The van der Waals surface area contributed by atoms with Crippen molar-refractivity contribution in [2.75, 3.05) is 31.7 Å². The molecule has 0 fully saturated rings. The maximum atomic E-state index is 10.7. The van der Waals surface area contributed by atoms with Crippen LogP contribution in [-0.2, 0) is 15.5 Å². The van der Waals surface area contributed by atoms with Crippen LogP contribution < -0.4 is 5.32 Å². The van der Waals surface area contributed by atoms with Crippen LogP contribution in [0.1, 0.15) is 20.3 Å². The second-order valence-electron chi connectivity index (χ2n) is 3.30. The molecule has 0 aromatic heterocycles. The number of nitrogens with one attached hydrogen (secondary N) is 1. The quantitative estimate of drug-likeness (QED) is 0.598. The summed E-state index contributed by atoms with van der Waals surface area (Å²) >= 11 is 0. The van der Waals surface area contributed by atoms with Crippen LogP contribution in [0, 0.1) is 0 Å². The van der Waals surface area contributed by atoms with Crippen molar-refractivity contribution in [1.82, 2.24) is 5.32 Å². The van der Waals surface area contributed by atoms with Crippen LogP contribution in [0.25, 0.3) is 0 Å². The molecule has 0 saturated heterocycles. The highest BCUT2D eigenvalue weighted by molar-refractivity contribution is 7.84. The highest BCUT2D eigenvalue weighted by Crippen LogP contribution is 1.85. The second kappa shape index (κ2) is 8.66. The molecule has 0 spiro atoms. The first kappa shape index (κ1) is 13.1. The molecule has 0 aliphatic carbocycles. The fourth-order valence-corrected chi connectivity index (χ4v) is 1.44. The van der Waals surface area contributed by atoms with Crippen molar-refractivity contribution < 1.29 is 8.95 Å². The third kappa shape index (κ3) is 12.1. The fraction of sp³-hybridized carbons (Fsp3) is 1.00. The van der Waals surface area contributed by atoms with Crippen molar-refractivity contribution >= 4 is 10.8 Å². The van der Waals surface area contributed by atoms with Gasteiger partial charge in [-0.1, -0.05) is 0 Å². The highest BCUT2D eigenvalue weighted by Gasteiger charge is 1.93. The summed E-state index contributed by atoms with van der Waals surface area (Å²) in [5, 5.41) is 3.24. The Kier molecular flexibility index (Phi) is 8.71. The van der Waals surface area contributed by atoms with Crippen LogP contribution in [-0.4, -0.2) is 42.0 Å². The topological polar surface area (TPSA) is 38.3 Å². The van der Waals surface area contributed by atoms with Gasteiger partial charge in [0.2, 0.25) is 0 Å². The van der Waals surface area contributed by atoms with Gasteiger partial charge >= 0.3 is 0 Å². The zero-order chi connectivity index (χ0) is 10.1. The van der Waals surface area contributed by atoms with Gasteiger partial charge in [-0.15, -0.1) is 0 Å². The van der Waals surface area contributed by atoms with E-state index in [4.69, 9.17) is 4.74 Å². The van der Waals surface area contributed by atoms with E-state index in [-0.39, 0.29) is 0 Å². The van der Waals surface area contributed by atoms with Gasteiger partial charge in [-0.25, -0.2) is 0 Å². The van der Waals surface area contributed by atoms with E-state index in [1.807, 2.05) is 13.8 Å². The lowest BCUT2D eigenvalue weighted by atomic mass is 10.4. The molecule has 13 heavy (non-hydrogen) atoms. The van der Waals surface area contributed by atoms with Gasteiger partial charge in [0, 0.05) is 29.4 Å². The lowest BCUT2D eigenvalue weighted by molar-refractivity contribution is 0.0809. The van der Waals surface area contributed by atoms with Crippen molar-refractivity contribution in [2.24, 2.45) is 0 Å². The molecule has 3 nitrogen and oxygen atoms in total. The Morgan fingerprint density at radius 1 is 1.38 bits per heavy atom. The molecular formula is C9H21NO2S. The number of hydrogen-bond acceptors (Lipinski definition) is 3. The van der Waals surface area contributed by atoms with Gasteiger partial charge in [-0.3, -0.25) is 4.21 Å². The SMILES string of the molecule is CC(C)OCCNCCCS(C)=O. The van der Waals surface area contributed by atoms with E-state index in [0.29, 0.717) is 6.10 Å². The van der Waals surface area contributed by atoms with Crippen LogP contribution in [0.15, 0.2) is 0 Å². The number of ether oxygens (including phenoxy) is 1. The first-order valence-electron chi connectivity index (χ1n) is 4.75. The predicted molar refractivity (Wildman–Crippen MR) is 57.5 cm³/mol. The maximum absolute atomic E-state index is 10.7. The summed E-state index contributed by atoms with van der Waals surface area (Å²) in [6.45, 7) is 6.63. The molecule has 1 atom stereocenters. The Balaban J connectivity index is 2.96. The normalized spacial score (nSPS) is 13.5. The molecule has 0 aromatic rings. The van der Waals surface area contributed by atoms with E-state index in [9.17, 15) is 4.21 Å². The molecular weight excluding hydrogens is 186 g/mol. The van der Waals surface area contributed by atoms with E-state index in [0.717, 1.165) is 31.9 Å². The van der Waals surface area contributed by atoms with Crippen molar-refractivity contribution in [3.05, 3.63) is 0 Å². The van der Waals surface area contributed by atoms with Crippen molar-refractivity contribution in [1.29, 1.82) is 0 Å². The van der Waals surface area contributed by atoms with Gasteiger partial charge in [0.15, 0.2) is 0 Å². The third-order valence-corrected chi connectivity index (χ3v) is 2.38. The molecule has 0 aliphatic rings. The van der Waals surface area contributed by atoms with Crippen LogP contribution >= 0.6 is 0 Å². The highest BCUT2D eigenvalue weighted by atomic mass is 32.2. The Labute approximate surface area is 83.7 Å². The standard InChI is InChI=1S/C9H21NO2S/c1-9(2)12-7-6-10-5-4-8-13(3)11/h9-10H,4-8H2,1-3H3. The first-order chi connectivity index (χ1) is 6.13. The summed E-state index contributed by atoms with van der Waals surface area (Å²) in [5.74, 6) is 0.790. The van der Waals surface area contributed by atoms with Crippen LogP contribution in [0.5, 0.6) is 0 Å². The van der Waals surface area contributed by atoms with Gasteiger partial charge in [0.05, 0.1) is 12.7 Å². The Hall–Kier alpha value is 0.0700. The average Bonchev–Trinajstić information content (AvgIpc) is 2.01. The van der Waals surface area contributed by atoms with E-state index in [1.165, 1.54) is 0 Å². The minimum absolute atomic E-state index is 0.310. The molecule has 4 heteroatoms. The molecule has 0 amide bonds. The summed E-state index contributed by atoms with van der Waals surface area (Å²) < 4.78 is 16.0. The predicted octanol–water partition coefficient (Wildman–Crippen LogP) is 0.770. The molecule has 0 aromatic carbocycles. The first-order valence-corrected chi connectivity index (χ1v) is 6.48. The lowest BCUT2D eigenvalue weighted by Crippen LogP contribution is -2.23. The van der Waals surface area contributed by atoms with Gasteiger partial charge in [-0.05, 0) is 26.8 Å². The fourth-order valence-electron chi connectivity index (χ4n) is 0.892. The van der Waals surface area contributed by atoms with Gasteiger partial charge in [0.1, 0.15) is 0 Å². The molecule has 0 heterocycles. The Morgan fingerprint density at radius 2 is 2.08 bits per heavy atom. The summed E-state index contributed by atoms with van der Waals surface area (Å²) in [5.41, 5.74) is 0. The van der Waals surface area contributed by atoms with Crippen molar-refractivity contribution in [3.8, 4) is 0 Å². The molecule has 0 radical (unpaired) electrons. The Morgan fingerprint density at radius 3 is 2.62 bits per heavy atom. The molecule has 0 aliphatic heterocycles. The molecule has 80 valence electrons. The summed E-state index contributed by atoms with van der Waals surface area (Å²) in [4.78, 5) is 0. The number of rotatable bonds is 8. The van der Waals surface area contributed by atoms with Gasteiger partial charge in [-0.2, -0.15) is 0 Å². The largest absolute Gasteiger partial charge is 0.377 e. The summed E-state index contributed by atoms with van der Waals surface area (Å²) in [7, 11) is -0.651. The zero-order valence-electron chi connectivity index (χ0n) is 8.84. The van der Waals surface area contributed by atoms with Gasteiger partial charge in [0.25, 0.3) is 0 Å². The minimum Gasteiger partial charge on any atom is -0.377 e. The molecule has 1 unspecified atom stereocenters. The Bertz CT molecular complexity index is 140. The maximum Gasteiger partial charge on any atom is 0.0594 e. The summed E-state index contributed by atoms with van der Waals surface area (Å²) in [6.07, 6.45) is 3.03. The van der Waals surface area contributed by atoms with Crippen LogP contribution in [0.2, 0.25) is 0 Å². The zero-order valence-corrected chi connectivity index (χ0v) is 9.65. The van der Waals surface area contributed by atoms with E-state index < -0.39 is 10.8 Å². The molecule has 1 N–H and O–H groups in total. The third-order valence-electron chi connectivity index (χ3n) is 1.52. The monoisotopic (exact) mass is 207 g/mol. The lowest BCUT2D eigenvalue weighted by Gasteiger charge is -2.07. The van der Waals surface area contributed by atoms with Gasteiger partial charge < -0.3 is 10.1 Å². The van der Waals surface area contributed by atoms with Crippen molar-refractivity contribution in [2.45, 2.75) is 26.4 Å². The molecule has 0 saturated carbocycles. The average molecular weight is 207 g/mol. The van der Waals surface area contributed by atoms with Crippen molar-refractivity contribution in [3.63, 3.8) is 0 Å². The van der Waals surface area contributed by atoms with E-state index >= 15 is 0 Å². The van der Waals surface area contributed by atoms with E-state index in [2.05, 4.69) is 5.32 Å². The van der Waals surface area contributed by atoms with E-state index in [1.54, 1.807) is 6.26 Å². The second-order valence-corrected chi connectivity index (χ2v) is 4.86. The smallest absolute Gasteiger partial charge is 0.0594 e.